The van der Waals surface area contributed by atoms with Gasteiger partial charge >= 0.3 is 13.3 Å². The van der Waals surface area contributed by atoms with Crippen molar-refractivity contribution >= 4 is 18.6 Å². The second kappa shape index (κ2) is 5.27. The zero-order chi connectivity index (χ0) is 13.1. The second-order valence-electron chi connectivity index (χ2n) is 3.05. The average Bonchev–Trinajstić information content (AvgIpc) is 2.27. The summed E-state index contributed by atoms with van der Waals surface area (Å²) in [5.41, 5.74) is -0.271. The van der Waals surface area contributed by atoms with Crippen molar-refractivity contribution < 1.29 is 23.6 Å². The SMILES string of the molecule is CCOP(=O)(O)c1ccc([N+](=O)[O-])c(OC)c1. The third-order valence-corrected chi connectivity index (χ3v) is 3.53. The maximum Gasteiger partial charge on any atom is 0.358 e. The van der Waals surface area contributed by atoms with E-state index in [0.717, 1.165) is 12.1 Å². The molecule has 1 rings (SSSR count). The molecule has 1 aromatic carbocycles. The van der Waals surface area contributed by atoms with Crippen LogP contribution < -0.4 is 10.0 Å². The molecule has 1 atom stereocenters. The maximum absolute atomic E-state index is 11.7. The molecule has 1 N–H and O–H groups in total. The zero-order valence-corrected chi connectivity index (χ0v) is 10.2. The van der Waals surface area contributed by atoms with Crippen LogP contribution in [0.1, 0.15) is 6.92 Å². The molecule has 0 radical (unpaired) electrons. The number of ether oxygens (including phenoxy) is 1. The van der Waals surface area contributed by atoms with Gasteiger partial charge in [-0.3, -0.25) is 14.7 Å². The largest absolute Gasteiger partial charge is 0.490 e. The van der Waals surface area contributed by atoms with Gasteiger partial charge in [0.1, 0.15) is 0 Å². The lowest BCUT2D eigenvalue weighted by atomic mass is 10.3. The van der Waals surface area contributed by atoms with E-state index in [-0.39, 0.29) is 23.3 Å². The third kappa shape index (κ3) is 3.03. The van der Waals surface area contributed by atoms with Crippen molar-refractivity contribution in [2.24, 2.45) is 0 Å². The predicted molar refractivity (Wildman–Crippen MR) is 60.7 cm³/mol. The summed E-state index contributed by atoms with van der Waals surface area (Å²) in [5.74, 6) is -0.0820. The molecule has 0 fully saturated rings. The highest BCUT2D eigenvalue weighted by Gasteiger charge is 2.25. The van der Waals surface area contributed by atoms with Gasteiger partial charge in [0.15, 0.2) is 5.75 Å². The summed E-state index contributed by atoms with van der Waals surface area (Å²) >= 11 is 0. The summed E-state index contributed by atoms with van der Waals surface area (Å²) in [7, 11) is -2.69. The van der Waals surface area contributed by atoms with Gasteiger partial charge in [0.2, 0.25) is 0 Å². The van der Waals surface area contributed by atoms with Gasteiger partial charge in [0.25, 0.3) is 0 Å². The van der Waals surface area contributed by atoms with Crippen LogP contribution in [0.2, 0.25) is 0 Å². The molecule has 0 aliphatic rings. The maximum atomic E-state index is 11.7. The molecule has 0 saturated heterocycles. The lowest BCUT2D eigenvalue weighted by Gasteiger charge is -2.11. The minimum absolute atomic E-state index is 0.0400. The summed E-state index contributed by atoms with van der Waals surface area (Å²) in [6.07, 6.45) is 0. The summed E-state index contributed by atoms with van der Waals surface area (Å²) in [6, 6.07) is 3.42. The Balaban J connectivity index is 3.22. The van der Waals surface area contributed by atoms with E-state index in [1.165, 1.54) is 13.2 Å². The molecular weight excluding hydrogens is 249 g/mol. The van der Waals surface area contributed by atoms with Crippen molar-refractivity contribution in [3.05, 3.63) is 28.3 Å². The molecule has 8 heteroatoms. The molecule has 7 nitrogen and oxygen atoms in total. The predicted octanol–water partition coefficient (Wildman–Crippen LogP) is 1.45. The third-order valence-electron chi connectivity index (χ3n) is 1.99. The van der Waals surface area contributed by atoms with Crippen LogP contribution >= 0.6 is 7.60 Å². The highest BCUT2D eigenvalue weighted by atomic mass is 31.2. The monoisotopic (exact) mass is 261 g/mol. The molecule has 1 unspecified atom stereocenters. The number of hydrogen-bond acceptors (Lipinski definition) is 5. The Kier molecular flexibility index (Phi) is 4.22. The van der Waals surface area contributed by atoms with E-state index in [0.29, 0.717) is 0 Å². The molecule has 0 heterocycles. The lowest BCUT2D eigenvalue weighted by molar-refractivity contribution is -0.385. The first-order chi connectivity index (χ1) is 7.92. The van der Waals surface area contributed by atoms with Crippen LogP contribution in [-0.4, -0.2) is 23.5 Å². The number of rotatable bonds is 5. The van der Waals surface area contributed by atoms with Crippen molar-refractivity contribution in [2.75, 3.05) is 13.7 Å². The summed E-state index contributed by atoms with van der Waals surface area (Å²) < 4.78 is 21.2. The van der Waals surface area contributed by atoms with Crippen LogP contribution in [0.4, 0.5) is 5.69 Å². The summed E-state index contributed by atoms with van der Waals surface area (Å²) in [5, 5.41) is 10.6. The van der Waals surface area contributed by atoms with Crippen molar-refractivity contribution in [1.82, 2.24) is 0 Å². The van der Waals surface area contributed by atoms with Crippen molar-refractivity contribution in [1.29, 1.82) is 0 Å². The Morgan fingerprint density at radius 1 is 1.53 bits per heavy atom. The van der Waals surface area contributed by atoms with Crippen LogP contribution in [0.15, 0.2) is 18.2 Å². The summed E-state index contributed by atoms with van der Waals surface area (Å²) in [6.45, 7) is 1.64. The van der Waals surface area contributed by atoms with Gasteiger partial charge in [-0.1, -0.05) is 0 Å². The average molecular weight is 261 g/mol. The Hall–Kier alpha value is -1.43. The molecule has 0 bridgehead atoms. The first-order valence-electron chi connectivity index (χ1n) is 4.72. The minimum atomic E-state index is -3.94. The molecule has 0 spiro atoms. The van der Waals surface area contributed by atoms with E-state index in [2.05, 4.69) is 0 Å². The van der Waals surface area contributed by atoms with Crippen LogP contribution in [0, 0.1) is 10.1 Å². The van der Waals surface area contributed by atoms with Gasteiger partial charge < -0.3 is 14.2 Å². The van der Waals surface area contributed by atoms with Gasteiger partial charge in [0, 0.05) is 12.1 Å². The van der Waals surface area contributed by atoms with Crippen molar-refractivity contribution in [3.63, 3.8) is 0 Å². The molecule has 0 amide bonds. The van der Waals surface area contributed by atoms with Crippen LogP contribution in [0.25, 0.3) is 0 Å². The summed E-state index contributed by atoms with van der Waals surface area (Å²) in [4.78, 5) is 19.5. The number of nitro groups is 1. The van der Waals surface area contributed by atoms with Gasteiger partial charge in [0.05, 0.1) is 23.9 Å². The van der Waals surface area contributed by atoms with Gasteiger partial charge in [-0.15, -0.1) is 0 Å². The van der Waals surface area contributed by atoms with Gasteiger partial charge in [-0.25, -0.2) is 0 Å². The first kappa shape index (κ1) is 13.6. The topological polar surface area (TPSA) is 98.9 Å². The van der Waals surface area contributed by atoms with E-state index in [4.69, 9.17) is 9.26 Å². The molecule has 1 aromatic rings. The smallest absolute Gasteiger partial charge is 0.358 e. The fraction of sp³-hybridized carbons (Fsp3) is 0.333. The minimum Gasteiger partial charge on any atom is -0.490 e. The highest BCUT2D eigenvalue weighted by Crippen LogP contribution is 2.42. The van der Waals surface area contributed by atoms with Crippen LogP contribution in [-0.2, 0) is 9.09 Å². The standard InChI is InChI=1S/C9H12NO6P/c1-3-16-17(13,14)7-4-5-8(10(11)12)9(6-7)15-2/h4-6H,3H2,1-2H3,(H,13,14). The molecule has 94 valence electrons. The lowest BCUT2D eigenvalue weighted by Crippen LogP contribution is -2.08. The van der Waals surface area contributed by atoms with Crippen molar-refractivity contribution in [2.45, 2.75) is 6.92 Å². The van der Waals surface area contributed by atoms with Crippen LogP contribution in [0.5, 0.6) is 5.75 Å². The second-order valence-corrected chi connectivity index (χ2v) is 4.87. The van der Waals surface area contributed by atoms with Crippen molar-refractivity contribution in [3.8, 4) is 5.75 Å². The van der Waals surface area contributed by atoms with E-state index in [1.54, 1.807) is 6.92 Å². The Morgan fingerprint density at radius 2 is 2.18 bits per heavy atom. The zero-order valence-electron chi connectivity index (χ0n) is 9.32. The van der Waals surface area contributed by atoms with Gasteiger partial charge in [-0.2, -0.15) is 0 Å². The number of hydrogen-bond donors (Lipinski definition) is 1. The number of nitro benzene ring substituents is 1. The molecule has 0 aliphatic heterocycles. The Bertz CT molecular complexity index is 475. The van der Waals surface area contributed by atoms with E-state index >= 15 is 0 Å². The normalized spacial score (nSPS) is 14.1. The molecule has 0 saturated carbocycles. The first-order valence-corrected chi connectivity index (χ1v) is 6.30. The van der Waals surface area contributed by atoms with E-state index in [1.807, 2.05) is 0 Å². The Labute approximate surface area is 97.7 Å². The van der Waals surface area contributed by atoms with E-state index < -0.39 is 12.5 Å². The Morgan fingerprint density at radius 3 is 2.65 bits per heavy atom. The quantitative estimate of drug-likeness (QED) is 0.489. The number of benzene rings is 1. The van der Waals surface area contributed by atoms with E-state index in [9.17, 15) is 19.6 Å². The fourth-order valence-electron chi connectivity index (χ4n) is 1.24. The number of nitrogens with zero attached hydrogens (tertiary/aromatic N) is 1. The molecule has 0 aliphatic carbocycles. The van der Waals surface area contributed by atoms with Crippen LogP contribution in [0.3, 0.4) is 0 Å². The highest BCUT2D eigenvalue weighted by molar-refractivity contribution is 7.61. The molecule has 17 heavy (non-hydrogen) atoms. The molecule has 0 aromatic heterocycles. The van der Waals surface area contributed by atoms with Gasteiger partial charge in [-0.05, 0) is 13.0 Å². The number of methoxy groups -OCH3 is 1. The molecular formula is C9H12NO6P. The fourth-order valence-corrected chi connectivity index (χ4v) is 2.28.